The molecule has 1 aliphatic heterocycles. The van der Waals surface area contributed by atoms with Crippen LogP contribution in [0.5, 0.6) is 0 Å². The Hall–Kier alpha value is -0.380. The molecule has 0 aliphatic carbocycles. The Morgan fingerprint density at radius 1 is 1.44 bits per heavy atom. The second-order valence-electron chi connectivity index (χ2n) is 4.51. The zero-order chi connectivity index (χ0) is 11.5. The zero-order valence-corrected chi connectivity index (χ0v) is 11.1. The van der Waals surface area contributed by atoms with Crippen molar-refractivity contribution in [2.75, 3.05) is 6.54 Å². The molecular weight excluding hydrogens is 266 g/mol. The number of halogens is 1. The molecule has 1 aliphatic rings. The maximum Gasteiger partial charge on any atom is 0.0943 e. The Morgan fingerprint density at radius 3 is 2.88 bits per heavy atom. The molecule has 0 amide bonds. The van der Waals surface area contributed by atoms with Gasteiger partial charge in [-0.2, -0.15) is 0 Å². The predicted molar refractivity (Wildman–Crippen MR) is 69.5 cm³/mol. The number of benzene rings is 1. The fourth-order valence-electron chi connectivity index (χ4n) is 2.23. The number of rotatable bonds is 2. The molecular formula is C13H18BrNO. The summed E-state index contributed by atoms with van der Waals surface area (Å²) in [7, 11) is 0. The highest BCUT2D eigenvalue weighted by atomic mass is 79.9. The van der Waals surface area contributed by atoms with Crippen LogP contribution < -0.4 is 5.32 Å². The van der Waals surface area contributed by atoms with E-state index < -0.39 is 0 Å². The molecule has 0 radical (unpaired) electrons. The van der Waals surface area contributed by atoms with Crippen LogP contribution in [0.4, 0.5) is 0 Å². The van der Waals surface area contributed by atoms with Crippen LogP contribution in [0.25, 0.3) is 0 Å². The Balaban J connectivity index is 2.12. The average molecular weight is 284 g/mol. The normalized spacial score (nSPS) is 23.1. The van der Waals surface area contributed by atoms with Crippen molar-refractivity contribution in [3.8, 4) is 0 Å². The van der Waals surface area contributed by atoms with Crippen molar-refractivity contribution in [1.29, 1.82) is 0 Å². The Kier molecular flexibility index (Phi) is 4.00. The summed E-state index contributed by atoms with van der Waals surface area (Å²) in [4.78, 5) is 0. The molecule has 1 fully saturated rings. The van der Waals surface area contributed by atoms with Crippen LogP contribution in [0, 0.1) is 6.92 Å². The first kappa shape index (κ1) is 12.1. The number of nitrogens with one attached hydrogen (secondary N) is 1. The third kappa shape index (κ3) is 2.65. The lowest BCUT2D eigenvalue weighted by molar-refractivity contribution is 0.114. The molecule has 1 heterocycles. The zero-order valence-electron chi connectivity index (χ0n) is 9.54. The third-order valence-corrected chi connectivity index (χ3v) is 4.14. The summed E-state index contributed by atoms with van der Waals surface area (Å²) < 4.78 is 1.10. The summed E-state index contributed by atoms with van der Waals surface area (Å²) in [5.74, 6) is 0. The van der Waals surface area contributed by atoms with Crippen LogP contribution >= 0.6 is 15.9 Å². The summed E-state index contributed by atoms with van der Waals surface area (Å²) >= 11 is 3.48. The minimum absolute atomic E-state index is 0.217. The summed E-state index contributed by atoms with van der Waals surface area (Å²) in [6.07, 6.45) is 3.12. The molecule has 0 spiro atoms. The maximum absolute atomic E-state index is 10.3. The van der Waals surface area contributed by atoms with Crippen molar-refractivity contribution in [1.82, 2.24) is 5.32 Å². The van der Waals surface area contributed by atoms with Gasteiger partial charge in [-0.15, -0.1) is 0 Å². The first-order valence-electron chi connectivity index (χ1n) is 5.86. The van der Waals surface area contributed by atoms with Gasteiger partial charge in [-0.3, -0.25) is 0 Å². The van der Waals surface area contributed by atoms with Crippen molar-refractivity contribution in [2.24, 2.45) is 0 Å². The Labute approximate surface area is 105 Å². The number of aliphatic hydroxyl groups is 1. The lowest BCUT2D eigenvalue weighted by atomic mass is 9.94. The summed E-state index contributed by atoms with van der Waals surface area (Å²) in [5, 5.41) is 13.7. The number of aliphatic hydroxyl groups excluding tert-OH is 1. The van der Waals surface area contributed by atoms with E-state index >= 15 is 0 Å². The van der Waals surface area contributed by atoms with Crippen molar-refractivity contribution in [2.45, 2.75) is 38.3 Å². The van der Waals surface area contributed by atoms with Crippen LogP contribution in [-0.4, -0.2) is 17.7 Å². The minimum atomic E-state index is -0.382. The van der Waals surface area contributed by atoms with E-state index in [0.29, 0.717) is 0 Å². The molecule has 1 aromatic rings. The largest absolute Gasteiger partial charge is 0.387 e. The van der Waals surface area contributed by atoms with E-state index in [1.807, 2.05) is 12.1 Å². The van der Waals surface area contributed by atoms with E-state index in [1.165, 1.54) is 18.4 Å². The minimum Gasteiger partial charge on any atom is -0.387 e. The van der Waals surface area contributed by atoms with Gasteiger partial charge in [-0.1, -0.05) is 34.5 Å². The van der Waals surface area contributed by atoms with E-state index in [1.54, 1.807) is 0 Å². The molecule has 0 saturated carbocycles. The van der Waals surface area contributed by atoms with Crippen LogP contribution in [-0.2, 0) is 0 Å². The first-order chi connectivity index (χ1) is 7.68. The highest BCUT2D eigenvalue weighted by molar-refractivity contribution is 9.10. The van der Waals surface area contributed by atoms with Crippen molar-refractivity contribution < 1.29 is 5.11 Å². The highest BCUT2D eigenvalue weighted by Gasteiger charge is 2.22. The second-order valence-corrected chi connectivity index (χ2v) is 5.36. The quantitative estimate of drug-likeness (QED) is 0.875. The molecule has 3 heteroatoms. The number of hydrogen-bond donors (Lipinski definition) is 2. The molecule has 2 nitrogen and oxygen atoms in total. The van der Waals surface area contributed by atoms with Gasteiger partial charge < -0.3 is 10.4 Å². The van der Waals surface area contributed by atoms with Gasteiger partial charge in [0.2, 0.25) is 0 Å². The Morgan fingerprint density at radius 2 is 2.25 bits per heavy atom. The molecule has 2 N–H and O–H groups in total. The smallest absolute Gasteiger partial charge is 0.0943 e. The fraction of sp³-hybridized carbons (Fsp3) is 0.538. The van der Waals surface area contributed by atoms with Crippen LogP contribution in [0.2, 0.25) is 0 Å². The van der Waals surface area contributed by atoms with Gasteiger partial charge in [0.05, 0.1) is 6.10 Å². The van der Waals surface area contributed by atoms with Crippen molar-refractivity contribution >= 4 is 15.9 Å². The van der Waals surface area contributed by atoms with Gasteiger partial charge >= 0.3 is 0 Å². The SMILES string of the molecule is Cc1cc(C(O)C2CCCCN2)ccc1Br. The molecule has 2 atom stereocenters. The van der Waals surface area contributed by atoms with Gasteiger partial charge in [0.15, 0.2) is 0 Å². The fourth-order valence-corrected chi connectivity index (χ4v) is 2.48. The molecule has 88 valence electrons. The molecule has 1 saturated heterocycles. The summed E-state index contributed by atoms with van der Waals surface area (Å²) in [6, 6.07) is 6.29. The van der Waals surface area contributed by atoms with Crippen molar-refractivity contribution in [3.63, 3.8) is 0 Å². The molecule has 0 aromatic heterocycles. The molecule has 2 rings (SSSR count). The van der Waals surface area contributed by atoms with Crippen LogP contribution in [0.1, 0.15) is 36.5 Å². The summed E-state index contributed by atoms with van der Waals surface area (Å²) in [6.45, 7) is 3.08. The van der Waals surface area contributed by atoms with Gasteiger partial charge in [0.25, 0.3) is 0 Å². The van der Waals surface area contributed by atoms with Crippen LogP contribution in [0.3, 0.4) is 0 Å². The van der Waals surface area contributed by atoms with E-state index in [9.17, 15) is 5.11 Å². The standard InChI is InChI=1S/C13H18BrNO/c1-9-8-10(5-6-11(9)14)13(16)12-4-2-3-7-15-12/h5-6,8,12-13,15-16H,2-4,7H2,1H3. The van der Waals surface area contributed by atoms with E-state index in [0.717, 1.165) is 23.0 Å². The van der Waals surface area contributed by atoms with Crippen molar-refractivity contribution in [3.05, 3.63) is 33.8 Å². The van der Waals surface area contributed by atoms with E-state index in [-0.39, 0.29) is 12.1 Å². The topological polar surface area (TPSA) is 32.3 Å². The molecule has 2 unspecified atom stereocenters. The molecule has 16 heavy (non-hydrogen) atoms. The predicted octanol–water partition coefficient (Wildman–Crippen LogP) is 2.93. The highest BCUT2D eigenvalue weighted by Crippen LogP contribution is 2.26. The van der Waals surface area contributed by atoms with Gasteiger partial charge in [0, 0.05) is 10.5 Å². The van der Waals surface area contributed by atoms with Gasteiger partial charge in [-0.25, -0.2) is 0 Å². The van der Waals surface area contributed by atoms with E-state index in [2.05, 4.69) is 34.2 Å². The number of hydrogen-bond acceptors (Lipinski definition) is 2. The number of piperidine rings is 1. The maximum atomic E-state index is 10.3. The lowest BCUT2D eigenvalue weighted by Crippen LogP contribution is -2.38. The summed E-state index contributed by atoms with van der Waals surface area (Å²) in [5.41, 5.74) is 2.19. The molecule has 1 aromatic carbocycles. The van der Waals surface area contributed by atoms with Crippen LogP contribution in [0.15, 0.2) is 22.7 Å². The average Bonchev–Trinajstić information content (AvgIpc) is 2.33. The third-order valence-electron chi connectivity index (χ3n) is 3.25. The monoisotopic (exact) mass is 283 g/mol. The number of aryl methyl sites for hydroxylation is 1. The van der Waals surface area contributed by atoms with Gasteiger partial charge in [0.1, 0.15) is 0 Å². The molecule has 0 bridgehead atoms. The lowest BCUT2D eigenvalue weighted by Gasteiger charge is -2.28. The first-order valence-corrected chi connectivity index (χ1v) is 6.65. The Bertz CT molecular complexity index is 361. The van der Waals surface area contributed by atoms with Gasteiger partial charge in [-0.05, 0) is 43.5 Å². The second kappa shape index (κ2) is 5.30. The van der Waals surface area contributed by atoms with E-state index in [4.69, 9.17) is 0 Å².